The second kappa shape index (κ2) is 6.58. The second-order valence-electron chi connectivity index (χ2n) is 7.33. The molecule has 0 unspecified atom stereocenters. The SMILES string of the molecule is Nc1ncc(-c2nc(N3CCOCC3)nc3c2CCN3C2CC(O)C2)cn1. The summed E-state index contributed by atoms with van der Waals surface area (Å²) in [4.78, 5) is 22.6. The Morgan fingerprint density at radius 2 is 1.81 bits per heavy atom. The number of aliphatic hydroxyl groups excluding tert-OH is 1. The van der Waals surface area contributed by atoms with Crippen molar-refractivity contribution in [3.63, 3.8) is 0 Å². The summed E-state index contributed by atoms with van der Waals surface area (Å²) >= 11 is 0. The van der Waals surface area contributed by atoms with E-state index in [1.165, 1.54) is 0 Å². The first kappa shape index (κ1) is 16.6. The number of hydrogen-bond acceptors (Lipinski definition) is 9. The van der Waals surface area contributed by atoms with Gasteiger partial charge in [-0.15, -0.1) is 0 Å². The summed E-state index contributed by atoms with van der Waals surface area (Å²) < 4.78 is 5.47. The third-order valence-corrected chi connectivity index (χ3v) is 5.62. The van der Waals surface area contributed by atoms with E-state index in [2.05, 4.69) is 19.8 Å². The summed E-state index contributed by atoms with van der Waals surface area (Å²) in [6.45, 7) is 3.81. The van der Waals surface area contributed by atoms with Gasteiger partial charge in [-0.3, -0.25) is 0 Å². The van der Waals surface area contributed by atoms with Crippen molar-refractivity contribution in [3.8, 4) is 11.3 Å². The van der Waals surface area contributed by atoms with Gasteiger partial charge >= 0.3 is 0 Å². The third-order valence-electron chi connectivity index (χ3n) is 5.62. The van der Waals surface area contributed by atoms with Crippen LogP contribution in [-0.4, -0.2) is 70.0 Å². The van der Waals surface area contributed by atoms with Crippen molar-refractivity contribution in [1.29, 1.82) is 0 Å². The molecule has 0 bridgehead atoms. The molecule has 0 spiro atoms. The molecule has 9 nitrogen and oxygen atoms in total. The Bertz CT molecular complexity index is 832. The lowest BCUT2D eigenvalue weighted by Gasteiger charge is -2.39. The zero-order valence-corrected chi connectivity index (χ0v) is 15.1. The number of nitrogens with zero attached hydrogens (tertiary/aromatic N) is 6. The van der Waals surface area contributed by atoms with Gasteiger partial charge in [0.05, 0.1) is 25.0 Å². The number of aliphatic hydroxyl groups is 1. The maximum atomic E-state index is 9.73. The molecule has 3 N–H and O–H groups in total. The molecule has 27 heavy (non-hydrogen) atoms. The lowest BCUT2D eigenvalue weighted by atomic mass is 9.88. The van der Waals surface area contributed by atoms with Crippen LogP contribution in [0.5, 0.6) is 0 Å². The summed E-state index contributed by atoms with van der Waals surface area (Å²) in [7, 11) is 0. The van der Waals surface area contributed by atoms with E-state index in [9.17, 15) is 5.11 Å². The maximum Gasteiger partial charge on any atom is 0.228 e. The van der Waals surface area contributed by atoms with E-state index >= 15 is 0 Å². The zero-order valence-electron chi connectivity index (χ0n) is 15.1. The molecule has 0 atom stereocenters. The van der Waals surface area contributed by atoms with Crippen LogP contribution in [0.3, 0.4) is 0 Å². The van der Waals surface area contributed by atoms with E-state index in [1.54, 1.807) is 12.4 Å². The number of fused-ring (bicyclic) bond motifs is 1. The van der Waals surface area contributed by atoms with Crippen molar-refractivity contribution < 1.29 is 9.84 Å². The Morgan fingerprint density at radius 3 is 2.52 bits per heavy atom. The van der Waals surface area contributed by atoms with E-state index in [-0.39, 0.29) is 12.1 Å². The highest BCUT2D eigenvalue weighted by molar-refractivity contribution is 5.72. The van der Waals surface area contributed by atoms with Gasteiger partial charge in [-0.05, 0) is 19.3 Å². The van der Waals surface area contributed by atoms with Crippen molar-refractivity contribution in [3.05, 3.63) is 18.0 Å². The van der Waals surface area contributed by atoms with Crippen molar-refractivity contribution in [1.82, 2.24) is 19.9 Å². The van der Waals surface area contributed by atoms with E-state index in [1.807, 2.05) is 0 Å². The number of aromatic nitrogens is 4. The van der Waals surface area contributed by atoms with Crippen LogP contribution in [0.25, 0.3) is 11.3 Å². The van der Waals surface area contributed by atoms with Gasteiger partial charge < -0.3 is 25.4 Å². The molecule has 0 radical (unpaired) electrons. The quantitative estimate of drug-likeness (QED) is 0.785. The minimum absolute atomic E-state index is 0.190. The number of nitrogen functional groups attached to an aromatic ring is 1. The average Bonchev–Trinajstić information content (AvgIpc) is 3.10. The number of ether oxygens (including phenoxy) is 1. The van der Waals surface area contributed by atoms with Gasteiger partial charge in [0, 0.05) is 49.2 Å². The normalized spacial score (nSPS) is 24.6. The molecule has 2 aromatic rings. The smallest absolute Gasteiger partial charge is 0.228 e. The Morgan fingerprint density at radius 1 is 1.07 bits per heavy atom. The first-order valence-electron chi connectivity index (χ1n) is 9.45. The van der Waals surface area contributed by atoms with Crippen LogP contribution < -0.4 is 15.5 Å². The molecule has 1 aliphatic carbocycles. The van der Waals surface area contributed by atoms with E-state index in [0.29, 0.717) is 19.3 Å². The second-order valence-corrected chi connectivity index (χ2v) is 7.33. The molecule has 2 aliphatic heterocycles. The number of anilines is 3. The fourth-order valence-corrected chi connectivity index (χ4v) is 4.04. The largest absolute Gasteiger partial charge is 0.393 e. The molecule has 2 aromatic heterocycles. The summed E-state index contributed by atoms with van der Waals surface area (Å²) in [5.41, 5.74) is 8.52. The monoisotopic (exact) mass is 369 g/mol. The molecular weight excluding hydrogens is 346 g/mol. The predicted molar refractivity (Wildman–Crippen MR) is 101 cm³/mol. The van der Waals surface area contributed by atoms with Gasteiger partial charge in [-0.1, -0.05) is 0 Å². The zero-order chi connectivity index (χ0) is 18.4. The Kier molecular flexibility index (Phi) is 4.05. The summed E-state index contributed by atoms with van der Waals surface area (Å²) in [5.74, 6) is 1.95. The molecule has 142 valence electrons. The van der Waals surface area contributed by atoms with E-state index < -0.39 is 0 Å². The first-order chi connectivity index (χ1) is 13.2. The van der Waals surface area contributed by atoms with Crippen LogP contribution in [0, 0.1) is 0 Å². The topological polar surface area (TPSA) is 114 Å². The lowest BCUT2D eigenvalue weighted by Crippen LogP contribution is -2.47. The predicted octanol–water partition coefficient (Wildman–Crippen LogP) is 0.238. The fourth-order valence-electron chi connectivity index (χ4n) is 4.04. The van der Waals surface area contributed by atoms with Gasteiger partial charge in [-0.2, -0.15) is 4.98 Å². The molecule has 0 amide bonds. The Labute approximate surface area is 157 Å². The Balaban J connectivity index is 1.58. The van der Waals surface area contributed by atoms with Crippen LogP contribution in [0.2, 0.25) is 0 Å². The minimum Gasteiger partial charge on any atom is -0.393 e. The highest BCUT2D eigenvalue weighted by Crippen LogP contribution is 2.39. The molecule has 1 saturated heterocycles. The van der Waals surface area contributed by atoms with Gasteiger partial charge in [0.15, 0.2) is 0 Å². The van der Waals surface area contributed by atoms with Gasteiger partial charge in [-0.25, -0.2) is 15.0 Å². The summed E-state index contributed by atoms with van der Waals surface area (Å²) in [5, 5.41) is 9.73. The minimum atomic E-state index is -0.190. The highest BCUT2D eigenvalue weighted by Gasteiger charge is 2.38. The maximum absolute atomic E-state index is 9.73. The molecule has 4 heterocycles. The highest BCUT2D eigenvalue weighted by atomic mass is 16.5. The van der Waals surface area contributed by atoms with Gasteiger partial charge in [0.2, 0.25) is 11.9 Å². The van der Waals surface area contributed by atoms with E-state index in [0.717, 1.165) is 67.5 Å². The van der Waals surface area contributed by atoms with E-state index in [4.69, 9.17) is 20.4 Å². The molecule has 9 heteroatoms. The molecule has 0 aromatic carbocycles. The molecule has 1 saturated carbocycles. The molecule has 3 aliphatic rings. The summed E-state index contributed by atoms with van der Waals surface area (Å²) in [6, 6.07) is 0.351. The number of morpholine rings is 1. The number of nitrogens with two attached hydrogens (primary N) is 1. The standard InChI is InChI=1S/C18H23N7O2/c19-17-20-9-11(10-21-17)15-14-1-2-25(12-7-13(26)8-12)16(14)23-18(22-15)24-3-5-27-6-4-24/h9-10,12-13,26H,1-8H2,(H2,19,20,21). The summed E-state index contributed by atoms with van der Waals surface area (Å²) in [6.07, 6.45) is 5.75. The van der Waals surface area contributed by atoms with Crippen LogP contribution in [0.4, 0.5) is 17.7 Å². The molecule has 5 rings (SSSR count). The van der Waals surface area contributed by atoms with Crippen LogP contribution >= 0.6 is 0 Å². The van der Waals surface area contributed by atoms with Gasteiger partial charge in [0.1, 0.15) is 5.82 Å². The fraction of sp³-hybridized carbons (Fsp3) is 0.556. The van der Waals surface area contributed by atoms with Crippen molar-refractivity contribution >= 4 is 17.7 Å². The van der Waals surface area contributed by atoms with Crippen LogP contribution in [0.1, 0.15) is 18.4 Å². The Hall–Kier alpha value is -2.52. The van der Waals surface area contributed by atoms with Crippen molar-refractivity contribution in [2.45, 2.75) is 31.4 Å². The average molecular weight is 369 g/mol. The van der Waals surface area contributed by atoms with Gasteiger partial charge in [0.25, 0.3) is 0 Å². The number of rotatable bonds is 3. The van der Waals surface area contributed by atoms with Crippen molar-refractivity contribution in [2.24, 2.45) is 0 Å². The van der Waals surface area contributed by atoms with Crippen LogP contribution in [-0.2, 0) is 11.2 Å². The van der Waals surface area contributed by atoms with Crippen molar-refractivity contribution in [2.75, 3.05) is 48.4 Å². The first-order valence-corrected chi connectivity index (χ1v) is 9.45. The number of hydrogen-bond donors (Lipinski definition) is 2. The lowest BCUT2D eigenvalue weighted by molar-refractivity contribution is 0.0737. The molecule has 2 fully saturated rings. The third kappa shape index (κ3) is 2.96. The molecular formula is C18H23N7O2. The van der Waals surface area contributed by atoms with Crippen LogP contribution in [0.15, 0.2) is 12.4 Å².